The number of aromatic nitrogens is 1. The third-order valence-electron chi connectivity index (χ3n) is 5.73. The van der Waals surface area contributed by atoms with Crippen molar-refractivity contribution in [3.05, 3.63) is 106 Å². The Hall–Kier alpha value is -3.27. The molecule has 1 amide bonds. The van der Waals surface area contributed by atoms with Gasteiger partial charge in [-0.15, -0.1) is 0 Å². The number of fused-ring (bicyclic) bond motifs is 3. The molecule has 0 atom stereocenters. The normalized spacial score (nSPS) is 11.3. The van der Waals surface area contributed by atoms with E-state index in [1.807, 2.05) is 36.4 Å². The summed E-state index contributed by atoms with van der Waals surface area (Å²) in [6.45, 7) is 2.71. The number of benzene rings is 4. The average Bonchev–Trinajstić information content (AvgIpc) is 3.07. The van der Waals surface area contributed by atoms with Crippen molar-refractivity contribution in [2.45, 2.75) is 13.5 Å². The molecule has 0 bridgehead atoms. The van der Waals surface area contributed by atoms with Crippen LogP contribution >= 0.6 is 23.2 Å². The molecule has 5 aromatic rings. The van der Waals surface area contributed by atoms with Gasteiger partial charge in [0.05, 0.1) is 11.0 Å². The van der Waals surface area contributed by atoms with Crippen molar-refractivity contribution < 1.29 is 4.79 Å². The van der Waals surface area contributed by atoms with Crippen LogP contribution in [0, 0.1) is 13.0 Å². The van der Waals surface area contributed by atoms with E-state index in [9.17, 15) is 4.79 Å². The van der Waals surface area contributed by atoms with Crippen LogP contribution in [0.4, 0.5) is 0 Å². The Balaban J connectivity index is 1.84. The summed E-state index contributed by atoms with van der Waals surface area (Å²) in [5.41, 5.74) is 12.0. The first kappa shape index (κ1) is 20.6. The van der Waals surface area contributed by atoms with Crippen LogP contribution in [0.15, 0.2) is 72.8 Å². The standard InChI is InChI=1S/C27H19Cl2N2O/c1-16-5-2-6-17(13-16)15-31-23-10-3-7-20(27(30)32)26(23)19-12-11-18(14-24(19)31)25-21(28)8-4-9-22(25)29/h2-11,13-14H,15H2,1H3,(H2,30,32). The van der Waals surface area contributed by atoms with Crippen LogP contribution in [0.3, 0.4) is 0 Å². The Kier molecular flexibility index (Phi) is 5.16. The second kappa shape index (κ2) is 8.01. The summed E-state index contributed by atoms with van der Waals surface area (Å²) in [5, 5.41) is 2.79. The molecule has 5 rings (SSSR count). The van der Waals surface area contributed by atoms with Crippen LogP contribution in [0.2, 0.25) is 10.0 Å². The number of hydrogen-bond donors (Lipinski definition) is 1. The van der Waals surface area contributed by atoms with Gasteiger partial charge in [0.2, 0.25) is 5.91 Å². The van der Waals surface area contributed by atoms with Gasteiger partial charge in [0.15, 0.2) is 0 Å². The summed E-state index contributed by atoms with van der Waals surface area (Å²) in [5.74, 6) is -0.461. The van der Waals surface area contributed by atoms with Crippen molar-refractivity contribution in [3.8, 4) is 11.1 Å². The van der Waals surface area contributed by atoms with Crippen molar-refractivity contribution in [1.29, 1.82) is 0 Å². The van der Waals surface area contributed by atoms with Crippen LogP contribution < -0.4 is 5.73 Å². The molecular formula is C27H19Cl2N2O. The van der Waals surface area contributed by atoms with E-state index in [1.165, 1.54) is 5.56 Å². The highest BCUT2D eigenvalue weighted by molar-refractivity contribution is 6.39. The quantitative estimate of drug-likeness (QED) is 0.309. The zero-order valence-electron chi connectivity index (χ0n) is 17.3. The Morgan fingerprint density at radius 2 is 1.69 bits per heavy atom. The van der Waals surface area contributed by atoms with Gasteiger partial charge in [-0.1, -0.05) is 65.2 Å². The van der Waals surface area contributed by atoms with Crippen molar-refractivity contribution >= 4 is 50.9 Å². The summed E-state index contributed by atoms with van der Waals surface area (Å²) in [6.07, 6.45) is 0. The summed E-state index contributed by atoms with van der Waals surface area (Å²) in [7, 11) is 0. The van der Waals surface area contributed by atoms with Crippen LogP contribution in [0.5, 0.6) is 0 Å². The number of rotatable bonds is 4. The molecule has 0 aliphatic heterocycles. The molecule has 3 nitrogen and oxygen atoms in total. The Bertz CT molecular complexity index is 1500. The van der Waals surface area contributed by atoms with E-state index in [2.05, 4.69) is 47.9 Å². The molecule has 1 heterocycles. The van der Waals surface area contributed by atoms with Crippen LogP contribution in [-0.2, 0) is 6.54 Å². The molecule has 0 saturated heterocycles. The van der Waals surface area contributed by atoms with Crippen LogP contribution in [-0.4, -0.2) is 10.5 Å². The molecule has 0 saturated carbocycles. The summed E-state index contributed by atoms with van der Waals surface area (Å²) in [4.78, 5) is 12.2. The second-order valence-corrected chi connectivity index (χ2v) is 8.70. The lowest BCUT2D eigenvalue weighted by Crippen LogP contribution is -2.11. The van der Waals surface area contributed by atoms with Crippen molar-refractivity contribution in [3.63, 3.8) is 0 Å². The minimum absolute atomic E-state index is 0.461. The predicted octanol–water partition coefficient (Wildman–Crippen LogP) is 7.02. The van der Waals surface area contributed by atoms with Gasteiger partial charge in [0.1, 0.15) is 0 Å². The third kappa shape index (κ3) is 3.44. The Morgan fingerprint density at radius 1 is 0.969 bits per heavy atom. The molecule has 1 radical (unpaired) electrons. The molecule has 0 aliphatic rings. The molecule has 0 unspecified atom stereocenters. The van der Waals surface area contributed by atoms with E-state index < -0.39 is 5.91 Å². The number of nitrogens with zero attached hydrogens (tertiary/aromatic N) is 1. The zero-order chi connectivity index (χ0) is 22.4. The highest BCUT2D eigenvalue weighted by Gasteiger charge is 2.18. The molecule has 2 N–H and O–H groups in total. The number of carbonyl (C=O) groups excluding carboxylic acids is 1. The average molecular weight is 458 g/mol. The first-order valence-corrected chi connectivity index (χ1v) is 11.0. The first-order valence-electron chi connectivity index (χ1n) is 10.2. The SMILES string of the molecule is Cc1cccc(Cn2c3cc(-c4c(Cl)cccc4Cl)c[c]c3c3c(C(N)=O)cccc32)c1. The minimum Gasteiger partial charge on any atom is -0.366 e. The molecule has 32 heavy (non-hydrogen) atoms. The molecule has 1 aromatic heterocycles. The topological polar surface area (TPSA) is 48.0 Å². The van der Waals surface area contributed by atoms with E-state index >= 15 is 0 Å². The fourth-order valence-electron chi connectivity index (χ4n) is 4.34. The van der Waals surface area contributed by atoms with Crippen LogP contribution in [0.1, 0.15) is 21.5 Å². The number of carbonyl (C=O) groups is 1. The number of primary amides is 1. The van der Waals surface area contributed by atoms with Gasteiger partial charge in [-0.2, -0.15) is 0 Å². The molecular weight excluding hydrogens is 439 g/mol. The molecule has 4 aromatic carbocycles. The van der Waals surface area contributed by atoms with Gasteiger partial charge in [0.25, 0.3) is 0 Å². The van der Waals surface area contributed by atoms with E-state index in [-0.39, 0.29) is 0 Å². The third-order valence-corrected chi connectivity index (χ3v) is 6.36. The number of hydrogen-bond acceptors (Lipinski definition) is 1. The summed E-state index contributed by atoms with van der Waals surface area (Å²) in [6, 6.07) is 26.8. The lowest BCUT2D eigenvalue weighted by atomic mass is 10.0. The van der Waals surface area contributed by atoms with E-state index in [1.54, 1.807) is 6.07 Å². The Morgan fingerprint density at radius 3 is 2.41 bits per heavy atom. The minimum atomic E-state index is -0.461. The maximum Gasteiger partial charge on any atom is 0.249 e. The lowest BCUT2D eigenvalue weighted by Gasteiger charge is -2.11. The molecule has 157 valence electrons. The smallest absolute Gasteiger partial charge is 0.249 e. The summed E-state index contributed by atoms with van der Waals surface area (Å²) >= 11 is 13.0. The van der Waals surface area contributed by atoms with E-state index in [0.29, 0.717) is 22.2 Å². The highest BCUT2D eigenvalue weighted by Crippen LogP contribution is 2.39. The van der Waals surface area contributed by atoms with E-state index in [0.717, 1.165) is 38.5 Å². The fourth-order valence-corrected chi connectivity index (χ4v) is 4.96. The second-order valence-electron chi connectivity index (χ2n) is 7.88. The van der Waals surface area contributed by atoms with E-state index in [4.69, 9.17) is 28.9 Å². The van der Waals surface area contributed by atoms with Crippen molar-refractivity contribution in [1.82, 2.24) is 4.57 Å². The van der Waals surface area contributed by atoms with Crippen molar-refractivity contribution in [2.75, 3.05) is 0 Å². The molecule has 5 heteroatoms. The predicted molar refractivity (Wildman–Crippen MR) is 133 cm³/mol. The molecule has 0 aliphatic carbocycles. The van der Waals surface area contributed by atoms with Gasteiger partial charge in [0, 0.05) is 38.5 Å². The number of halogens is 2. The van der Waals surface area contributed by atoms with Gasteiger partial charge in [-0.05, 0) is 60.5 Å². The number of amides is 1. The Labute approximate surface area is 196 Å². The van der Waals surface area contributed by atoms with Gasteiger partial charge < -0.3 is 10.3 Å². The monoisotopic (exact) mass is 457 g/mol. The fraction of sp³-hybridized carbons (Fsp3) is 0.0741. The number of nitrogens with two attached hydrogens (primary N) is 1. The first-order chi connectivity index (χ1) is 15.4. The van der Waals surface area contributed by atoms with Gasteiger partial charge in [-0.3, -0.25) is 4.79 Å². The zero-order valence-corrected chi connectivity index (χ0v) is 18.8. The molecule has 0 fully saturated rings. The molecule has 0 spiro atoms. The maximum atomic E-state index is 12.2. The highest BCUT2D eigenvalue weighted by atomic mass is 35.5. The summed E-state index contributed by atoms with van der Waals surface area (Å²) < 4.78 is 2.19. The van der Waals surface area contributed by atoms with Crippen molar-refractivity contribution in [2.24, 2.45) is 5.73 Å². The maximum absolute atomic E-state index is 12.2. The largest absolute Gasteiger partial charge is 0.366 e. The van der Waals surface area contributed by atoms with Gasteiger partial charge >= 0.3 is 0 Å². The lowest BCUT2D eigenvalue weighted by molar-refractivity contribution is 0.100. The number of aryl methyl sites for hydroxylation is 1. The van der Waals surface area contributed by atoms with Gasteiger partial charge in [-0.25, -0.2) is 0 Å². The van der Waals surface area contributed by atoms with Crippen LogP contribution in [0.25, 0.3) is 32.9 Å².